The lowest BCUT2D eigenvalue weighted by Crippen LogP contribution is -2.40. The molecule has 1 atom stereocenters. The van der Waals surface area contributed by atoms with Crippen molar-refractivity contribution in [3.63, 3.8) is 0 Å². The van der Waals surface area contributed by atoms with Crippen LogP contribution in [0.3, 0.4) is 0 Å². The van der Waals surface area contributed by atoms with Gasteiger partial charge in [0.1, 0.15) is 6.61 Å². The van der Waals surface area contributed by atoms with Crippen LogP contribution in [-0.2, 0) is 4.79 Å². The van der Waals surface area contributed by atoms with Gasteiger partial charge in [0.2, 0.25) is 6.10 Å². The summed E-state index contributed by atoms with van der Waals surface area (Å²) in [5.74, 6) is 0.965. The van der Waals surface area contributed by atoms with E-state index in [2.05, 4.69) is 32.9 Å². The number of halogens is 1. The van der Waals surface area contributed by atoms with Crippen LogP contribution in [0.15, 0.2) is 53.9 Å². The molecule has 0 fully saturated rings. The number of para-hydroxylation sites is 2. The Kier molecular flexibility index (Phi) is 4.58. The molecule has 0 saturated carbocycles. The zero-order chi connectivity index (χ0) is 17.2. The number of thiazole rings is 1. The maximum atomic E-state index is 12.4. The topological polar surface area (TPSA) is 60.5 Å². The molecule has 5 nitrogen and oxygen atoms in total. The molecule has 2 aromatic carbocycles. The maximum Gasteiger partial charge on any atom is 0.270 e. The van der Waals surface area contributed by atoms with Gasteiger partial charge in [-0.1, -0.05) is 24.3 Å². The quantitative estimate of drug-likeness (QED) is 0.591. The van der Waals surface area contributed by atoms with Gasteiger partial charge in [0.05, 0.1) is 5.69 Å². The highest BCUT2D eigenvalue weighted by molar-refractivity contribution is 14.1. The summed E-state index contributed by atoms with van der Waals surface area (Å²) in [7, 11) is 0. The standard InChI is InChI=1S/C18H13IN2O3S/c19-12-7-5-11(6-8-12)13-10-25-18(20-13)21-17(22)16-9-23-14-3-1-2-4-15(14)24-16/h1-8,10,16H,9H2,(H,20,21,22). The largest absolute Gasteiger partial charge is 0.485 e. The molecule has 1 N–H and O–H groups in total. The average Bonchev–Trinajstić information content (AvgIpc) is 3.10. The highest BCUT2D eigenvalue weighted by Crippen LogP contribution is 2.31. The second-order valence-corrected chi connectivity index (χ2v) is 7.50. The van der Waals surface area contributed by atoms with Crippen LogP contribution in [0.25, 0.3) is 11.3 Å². The fraction of sp³-hybridized carbons (Fsp3) is 0.111. The summed E-state index contributed by atoms with van der Waals surface area (Å²) in [4.78, 5) is 16.9. The van der Waals surface area contributed by atoms with E-state index in [-0.39, 0.29) is 12.5 Å². The summed E-state index contributed by atoms with van der Waals surface area (Å²) in [6.45, 7) is 0.179. The number of carbonyl (C=O) groups excluding carboxylic acids is 1. The maximum absolute atomic E-state index is 12.4. The van der Waals surface area contributed by atoms with E-state index in [9.17, 15) is 4.79 Å². The Hall–Kier alpha value is -2.13. The molecule has 0 saturated heterocycles. The smallest absolute Gasteiger partial charge is 0.270 e. The molecular weight excluding hydrogens is 451 g/mol. The van der Waals surface area contributed by atoms with Crippen molar-refractivity contribution < 1.29 is 14.3 Å². The lowest BCUT2D eigenvalue weighted by molar-refractivity contribution is -0.125. The van der Waals surface area contributed by atoms with Crippen LogP contribution in [0.1, 0.15) is 0 Å². The highest BCUT2D eigenvalue weighted by atomic mass is 127. The molecule has 7 heteroatoms. The van der Waals surface area contributed by atoms with Crippen LogP contribution in [0.2, 0.25) is 0 Å². The van der Waals surface area contributed by atoms with Gasteiger partial charge in [-0.2, -0.15) is 0 Å². The SMILES string of the molecule is O=C(Nc1nc(-c2ccc(I)cc2)cs1)C1COc2ccccc2O1. The Balaban J connectivity index is 1.44. The number of hydrogen-bond donors (Lipinski definition) is 1. The van der Waals surface area contributed by atoms with Crippen LogP contribution in [0.5, 0.6) is 11.5 Å². The fourth-order valence-electron chi connectivity index (χ4n) is 2.42. The van der Waals surface area contributed by atoms with E-state index < -0.39 is 6.10 Å². The van der Waals surface area contributed by atoms with Crippen LogP contribution in [0.4, 0.5) is 5.13 Å². The lowest BCUT2D eigenvalue weighted by Gasteiger charge is -2.25. The minimum Gasteiger partial charge on any atom is -0.485 e. The molecule has 2 heterocycles. The Morgan fingerprint density at radius 1 is 1.16 bits per heavy atom. The van der Waals surface area contributed by atoms with Gasteiger partial charge in [0, 0.05) is 14.5 Å². The first kappa shape index (κ1) is 16.3. The number of anilines is 1. The summed E-state index contributed by atoms with van der Waals surface area (Å²) >= 11 is 3.65. The summed E-state index contributed by atoms with van der Waals surface area (Å²) in [5.41, 5.74) is 1.85. The van der Waals surface area contributed by atoms with Crippen molar-refractivity contribution in [1.82, 2.24) is 4.98 Å². The summed E-state index contributed by atoms with van der Waals surface area (Å²) in [6.07, 6.45) is -0.694. The fourth-order valence-corrected chi connectivity index (χ4v) is 3.50. The molecule has 1 unspecified atom stereocenters. The van der Waals surface area contributed by atoms with Crippen LogP contribution >= 0.6 is 33.9 Å². The number of hydrogen-bond acceptors (Lipinski definition) is 5. The zero-order valence-electron chi connectivity index (χ0n) is 12.9. The molecule has 0 spiro atoms. The molecule has 25 heavy (non-hydrogen) atoms. The molecule has 0 radical (unpaired) electrons. The van der Waals surface area contributed by atoms with Crippen molar-refractivity contribution in [2.24, 2.45) is 0 Å². The van der Waals surface area contributed by atoms with Gasteiger partial charge in [0.25, 0.3) is 5.91 Å². The molecule has 1 aliphatic heterocycles. The van der Waals surface area contributed by atoms with Crippen molar-refractivity contribution in [2.75, 3.05) is 11.9 Å². The van der Waals surface area contributed by atoms with E-state index in [1.807, 2.05) is 47.8 Å². The van der Waals surface area contributed by atoms with E-state index in [4.69, 9.17) is 9.47 Å². The Bertz CT molecular complexity index is 911. The first-order valence-corrected chi connectivity index (χ1v) is 9.56. The third kappa shape index (κ3) is 3.62. The Labute approximate surface area is 162 Å². The first-order valence-electron chi connectivity index (χ1n) is 7.60. The minimum absolute atomic E-state index is 0.179. The number of nitrogens with one attached hydrogen (secondary N) is 1. The monoisotopic (exact) mass is 464 g/mol. The number of benzene rings is 2. The zero-order valence-corrected chi connectivity index (χ0v) is 15.9. The lowest BCUT2D eigenvalue weighted by atomic mass is 10.2. The van der Waals surface area contributed by atoms with Gasteiger partial charge in [-0.15, -0.1) is 11.3 Å². The van der Waals surface area contributed by atoms with Crippen molar-refractivity contribution in [3.05, 3.63) is 57.5 Å². The van der Waals surface area contributed by atoms with Crippen LogP contribution in [-0.4, -0.2) is 23.6 Å². The second kappa shape index (κ2) is 7.01. The molecule has 4 rings (SSSR count). The van der Waals surface area contributed by atoms with E-state index in [0.717, 1.165) is 11.3 Å². The predicted octanol–water partition coefficient (Wildman–Crippen LogP) is 4.19. The number of ether oxygens (including phenoxy) is 2. The van der Waals surface area contributed by atoms with Gasteiger partial charge in [-0.3, -0.25) is 10.1 Å². The molecule has 0 bridgehead atoms. The van der Waals surface area contributed by atoms with Crippen molar-refractivity contribution in [2.45, 2.75) is 6.10 Å². The van der Waals surface area contributed by atoms with Gasteiger partial charge < -0.3 is 9.47 Å². The average molecular weight is 464 g/mol. The van der Waals surface area contributed by atoms with Gasteiger partial charge in [-0.25, -0.2) is 4.98 Å². The van der Waals surface area contributed by atoms with Crippen molar-refractivity contribution in [1.29, 1.82) is 0 Å². The first-order chi connectivity index (χ1) is 12.2. The number of carbonyl (C=O) groups is 1. The minimum atomic E-state index is -0.694. The van der Waals surface area contributed by atoms with Crippen molar-refractivity contribution >= 4 is 45.0 Å². The molecule has 1 amide bonds. The third-order valence-electron chi connectivity index (χ3n) is 3.68. The van der Waals surface area contributed by atoms with Crippen molar-refractivity contribution in [3.8, 4) is 22.8 Å². The normalized spacial score (nSPS) is 15.6. The molecule has 3 aromatic rings. The number of nitrogens with zero attached hydrogens (tertiary/aromatic N) is 1. The number of amides is 1. The molecule has 126 valence electrons. The van der Waals surface area contributed by atoms with Gasteiger partial charge in [-0.05, 0) is 46.9 Å². The summed E-state index contributed by atoms with van der Waals surface area (Å²) < 4.78 is 12.5. The summed E-state index contributed by atoms with van der Waals surface area (Å²) in [6, 6.07) is 15.4. The van der Waals surface area contributed by atoms with Crippen LogP contribution in [0, 0.1) is 3.57 Å². The number of rotatable bonds is 3. The molecular formula is C18H13IN2O3S. The molecule has 1 aromatic heterocycles. The van der Waals surface area contributed by atoms with Gasteiger partial charge in [0.15, 0.2) is 16.6 Å². The molecule has 1 aliphatic rings. The van der Waals surface area contributed by atoms with E-state index >= 15 is 0 Å². The molecule has 0 aliphatic carbocycles. The van der Waals surface area contributed by atoms with Gasteiger partial charge >= 0.3 is 0 Å². The number of aromatic nitrogens is 1. The highest BCUT2D eigenvalue weighted by Gasteiger charge is 2.27. The van der Waals surface area contributed by atoms with E-state index in [1.54, 1.807) is 6.07 Å². The number of fused-ring (bicyclic) bond motifs is 1. The van der Waals surface area contributed by atoms with Crippen LogP contribution < -0.4 is 14.8 Å². The third-order valence-corrected chi connectivity index (χ3v) is 5.15. The van der Waals surface area contributed by atoms with E-state index in [0.29, 0.717) is 16.6 Å². The predicted molar refractivity (Wildman–Crippen MR) is 105 cm³/mol. The van der Waals surface area contributed by atoms with E-state index in [1.165, 1.54) is 14.9 Å². The Morgan fingerprint density at radius 3 is 2.72 bits per heavy atom. The summed E-state index contributed by atoms with van der Waals surface area (Å²) in [5, 5.41) is 5.27. The second-order valence-electron chi connectivity index (χ2n) is 5.40. The Morgan fingerprint density at radius 2 is 1.92 bits per heavy atom.